The summed E-state index contributed by atoms with van der Waals surface area (Å²) in [6, 6.07) is 16.0. The summed E-state index contributed by atoms with van der Waals surface area (Å²) in [6.45, 7) is 2.08. The molecule has 0 radical (unpaired) electrons. The molecule has 1 aliphatic heterocycles. The van der Waals surface area contributed by atoms with E-state index in [9.17, 15) is 4.79 Å². The van der Waals surface area contributed by atoms with Crippen LogP contribution in [-0.4, -0.2) is 29.3 Å². The maximum absolute atomic E-state index is 12.2. The number of rotatable bonds is 4. The van der Waals surface area contributed by atoms with Crippen LogP contribution in [-0.2, 0) is 0 Å². The average molecular weight is 456 g/mol. The molecule has 0 unspecified atom stereocenters. The number of urea groups is 1. The average Bonchev–Trinajstić information content (AvgIpc) is 3.03. The van der Waals surface area contributed by atoms with Crippen molar-refractivity contribution in [1.82, 2.24) is 10.2 Å². The Hall–Kier alpha value is -2.83. The number of carbonyl (C=O) groups is 1. The number of amides is 2. The number of carbonyl (C=O) groups excluding carboxylic acids is 1. The highest BCUT2D eigenvalue weighted by Gasteiger charge is 2.12. The van der Waals surface area contributed by atoms with E-state index >= 15 is 0 Å². The summed E-state index contributed by atoms with van der Waals surface area (Å²) in [7, 11) is 0. The van der Waals surface area contributed by atoms with E-state index in [0.29, 0.717) is 21.4 Å². The van der Waals surface area contributed by atoms with Gasteiger partial charge in [-0.2, -0.15) is 0 Å². The Labute approximate surface area is 191 Å². The molecule has 2 heterocycles. The van der Waals surface area contributed by atoms with Gasteiger partial charge in [-0.05, 0) is 55.3 Å². The Morgan fingerprint density at radius 1 is 0.774 bits per heavy atom. The van der Waals surface area contributed by atoms with Crippen molar-refractivity contribution < 1.29 is 4.79 Å². The Morgan fingerprint density at radius 3 is 2.03 bits per heavy atom. The van der Waals surface area contributed by atoms with Crippen LogP contribution in [0.2, 0.25) is 10.0 Å². The molecule has 0 spiro atoms. The topological polar surface area (TPSA) is 70.2 Å². The van der Waals surface area contributed by atoms with E-state index in [1.165, 1.54) is 25.7 Å². The molecule has 31 heavy (non-hydrogen) atoms. The Kier molecular flexibility index (Phi) is 6.89. The molecule has 160 valence electrons. The summed E-state index contributed by atoms with van der Waals surface area (Å²) in [4.78, 5) is 14.5. The molecule has 2 amide bonds. The highest BCUT2D eigenvalue weighted by Crippen LogP contribution is 2.24. The minimum atomic E-state index is -0.382. The van der Waals surface area contributed by atoms with Crippen molar-refractivity contribution >= 4 is 46.4 Å². The molecule has 2 N–H and O–H groups in total. The first-order chi connectivity index (χ1) is 15.1. The third-order valence-corrected chi connectivity index (χ3v) is 5.58. The van der Waals surface area contributed by atoms with Crippen LogP contribution < -0.4 is 15.5 Å². The van der Waals surface area contributed by atoms with Crippen molar-refractivity contribution in [2.24, 2.45) is 0 Å². The van der Waals surface area contributed by atoms with Crippen molar-refractivity contribution in [2.45, 2.75) is 25.7 Å². The fourth-order valence-electron chi connectivity index (χ4n) is 3.59. The molecule has 0 atom stereocenters. The highest BCUT2D eigenvalue weighted by atomic mass is 35.5. The van der Waals surface area contributed by atoms with Gasteiger partial charge in [0.05, 0.1) is 5.69 Å². The summed E-state index contributed by atoms with van der Waals surface area (Å²) in [5.41, 5.74) is 2.90. The molecule has 2 aromatic carbocycles. The summed E-state index contributed by atoms with van der Waals surface area (Å²) in [6.07, 6.45) is 4.98. The van der Waals surface area contributed by atoms with E-state index in [1.54, 1.807) is 18.2 Å². The standard InChI is InChI=1S/C23H23Cl2N5O/c24-17-13-18(25)15-20(14-17)27-23(31)26-19-7-5-16(6-8-19)21-9-10-22(29-28-21)30-11-3-1-2-4-12-30/h5-10,13-15H,1-4,11-12H2,(H2,26,27,31). The molecule has 3 aromatic rings. The van der Waals surface area contributed by atoms with Crippen molar-refractivity contribution in [3.8, 4) is 11.3 Å². The second-order valence-electron chi connectivity index (χ2n) is 7.49. The molecular formula is C23H23Cl2N5O. The van der Waals surface area contributed by atoms with E-state index in [0.717, 1.165) is 30.2 Å². The van der Waals surface area contributed by atoms with Gasteiger partial charge in [-0.25, -0.2) is 4.79 Å². The summed E-state index contributed by atoms with van der Waals surface area (Å²) in [5, 5.41) is 15.2. The van der Waals surface area contributed by atoms with Crippen LogP contribution in [0.3, 0.4) is 0 Å². The van der Waals surface area contributed by atoms with E-state index in [4.69, 9.17) is 23.2 Å². The number of benzene rings is 2. The summed E-state index contributed by atoms with van der Waals surface area (Å²) >= 11 is 11.9. The molecule has 1 fully saturated rings. The first kappa shape index (κ1) is 21.4. The van der Waals surface area contributed by atoms with Gasteiger partial charge in [-0.1, -0.05) is 48.2 Å². The van der Waals surface area contributed by atoms with Gasteiger partial charge >= 0.3 is 6.03 Å². The summed E-state index contributed by atoms with van der Waals surface area (Å²) < 4.78 is 0. The summed E-state index contributed by atoms with van der Waals surface area (Å²) in [5.74, 6) is 0.932. The van der Waals surface area contributed by atoms with Gasteiger partial charge in [0.2, 0.25) is 0 Å². The molecule has 1 saturated heterocycles. The van der Waals surface area contributed by atoms with Gasteiger partial charge in [0, 0.05) is 40.1 Å². The second-order valence-corrected chi connectivity index (χ2v) is 8.37. The fourth-order valence-corrected chi connectivity index (χ4v) is 4.12. The van der Waals surface area contributed by atoms with Crippen LogP contribution in [0.25, 0.3) is 11.3 Å². The zero-order valence-electron chi connectivity index (χ0n) is 16.9. The van der Waals surface area contributed by atoms with Crippen molar-refractivity contribution in [3.63, 3.8) is 0 Å². The monoisotopic (exact) mass is 455 g/mol. The molecular weight excluding hydrogens is 433 g/mol. The largest absolute Gasteiger partial charge is 0.355 e. The SMILES string of the molecule is O=C(Nc1ccc(-c2ccc(N3CCCCCC3)nn2)cc1)Nc1cc(Cl)cc(Cl)c1. The van der Waals surface area contributed by atoms with Gasteiger partial charge in [-0.3, -0.25) is 0 Å². The maximum atomic E-state index is 12.2. The number of anilines is 3. The lowest BCUT2D eigenvalue weighted by Gasteiger charge is -2.20. The van der Waals surface area contributed by atoms with Crippen molar-refractivity contribution in [2.75, 3.05) is 28.6 Å². The van der Waals surface area contributed by atoms with E-state index in [2.05, 4.69) is 25.7 Å². The zero-order valence-corrected chi connectivity index (χ0v) is 18.5. The van der Waals surface area contributed by atoms with E-state index < -0.39 is 0 Å². The van der Waals surface area contributed by atoms with Crippen LogP contribution in [0, 0.1) is 0 Å². The minimum Gasteiger partial charge on any atom is -0.355 e. The predicted octanol–water partition coefficient (Wildman–Crippen LogP) is 6.47. The smallest absolute Gasteiger partial charge is 0.323 e. The van der Waals surface area contributed by atoms with E-state index in [-0.39, 0.29) is 6.03 Å². The van der Waals surface area contributed by atoms with Crippen molar-refractivity contribution in [3.05, 3.63) is 64.6 Å². The molecule has 0 aliphatic carbocycles. The number of hydrogen-bond donors (Lipinski definition) is 2. The van der Waals surface area contributed by atoms with Crippen molar-refractivity contribution in [1.29, 1.82) is 0 Å². The van der Waals surface area contributed by atoms with Gasteiger partial charge in [-0.15, -0.1) is 10.2 Å². The third kappa shape index (κ3) is 5.87. The second kappa shape index (κ2) is 9.98. The quantitative estimate of drug-likeness (QED) is 0.472. The third-order valence-electron chi connectivity index (χ3n) is 5.14. The molecule has 0 saturated carbocycles. The van der Waals surface area contributed by atoms with Gasteiger partial charge in [0.25, 0.3) is 0 Å². The molecule has 4 rings (SSSR count). The Balaban J connectivity index is 1.37. The number of nitrogens with one attached hydrogen (secondary N) is 2. The van der Waals surface area contributed by atoms with Gasteiger partial charge < -0.3 is 15.5 Å². The number of halogens is 2. The number of nitrogens with zero attached hydrogens (tertiary/aromatic N) is 3. The number of aromatic nitrogens is 2. The van der Waals surface area contributed by atoms with E-state index in [1.807, 2.05) is 36.4 Å². The Bertz CT molecular complexity index is 1010. The molecule has 1 aliphatic rings. The van der Waals surface area contributed by atoms with Crippen LogP contribution in [0.1, 0.15) is 25.7 Å². The Morgan fingerprint density at radius 2 is 1.42 bits per heavy atom. The predicted molar refractivity (Wildman–Crippen MR) is 127 cm³/mol. The highest BCUT2D eigenvalue weighted by molar-refractivity contribution is 6.35. The van der Waals surface area contributed by atoms with Crippen LogP contribution in [0.5, 0.6) is 0 Å². The zero-order chi connectivity index (χ0) is 21.6. The normalized spacial score (nSPS) is 14.1. The lowest BCUT2D eigenvalue weighted by Crippen LogP contribution is -2.25. The maximum Gasteiger partial charge on any atom is 0.323 e. The lowest BCUT2D eigenvalue weighted by atomic mass is 10.1. The molecule has 0 bridgehead atoms. The minimum absolute atomic E-state index is 0.382. The van der Waals surface area contributed by atoms with Crippen LogP contribution in [0.15, 0.2) is 54.6 Å². The lowest BCUT2D eigenvalue weighted by molar-refractivity contribution is 0.262. The molecule has 6 nitrogen and oxygen atoms in total. The first-order valence-electron chi connectivity index (χ1n) is 10.3. The molecule has 1 aromatic heterocycles. The first-order valence-corrected chi connectivity index (χ1v) is 11.1. The fraction of sp³-hybridized carbons (Fsp3) is 0.261. The number of hydrogen-bond acceptors (Lipinski definition) is 4. The van der Waals surface area contributed by atoms with Crippen LogP contribution in [0.4, 0.5) is 22.0 Å². The van der Waals surface area contributed by atoms with Gasteiger partial charge in [0.15, 0.2) is 5.82 Å². The van der Waals surface area contributed by atoms with Gasteiger partial charge in [0.1, 0.15) is 0 Å². The van der Waals surface area contributed by atoms with Crippen LogP contribution >= 0.6 is 23.2 Å². The molecule has 8 heteroatoms.